The highest BCUT2D eigenvalue weighted by Crippen LogP contribution is 2.24. The molecule has 2 rings (SSSR count). The Kier molecular flexibility index (Phi) is 6.19. The lowest BCUT2D eigenvalue weighted by molar-refractivity contribution is 0.243. The third kappa shape index (κ3) is 5.04. The van der Waals surface area contributed by atoms with Crippen LogP contribution in [0.1, 0.15) is 39.5 Å². The number of para-hydroxylation sites is 2. The van der Waals surface area contributed by atoms with Crippen LogP contribution >= 0.6 is 0 Å². The second-order valence-electron chi connectivity index (χ2n) is 5.85. The third-order valence-corrected chi connectivity index (χ3v) is 3.69. The first kappa shape index (κ1) is 15.2. The minimum Gasteiger partial charge on any atom is -0.489 e. The number of ether oxygens (including phenoxy) is 1. The first-order chi connectivity index (χ1) is 9.75. The van der Waals surface area contributed by atoms with E-state index in [0.29, 0.717) is 0 Å². The summed E-state index contributed by atoms with van der Waals surface area (Å²) in [5, 5.41) is 3.52. The summed E-state index contributed by atoms with van der Waals surface area (Å²) in [7, 11) is 0. The smallest absolute Gasteiger partial charge is 0.142 e. The standard InChI is InChI=1S/C17H28N2O/c1-15(2)20-17-10-6-5-9-16(17)18-11-14-19-12-7-3-4-8-13-19/h5-6,9-10,15,18H,3-4,7-8,11-14H2,1-2H3. The van der Waals surface area contributed by atoms with Crippen molar-refractivity contribution >= 4 is 5.69 Å². The van der Waals surface area contributed by atoms with Crippen LogP contribution in [-0.2, 0) is 0 Å². The molecular formula is C17H28N2O. The van der Waals surface area contributed by atoms with Gasteiger partial charge in [0, 0.05) is 13.1 Å². The van der Waals surface area contributed by atoms with Crippen LogP contribution in [0, 0.1) is 0 Å². The van der Waals surface area contributed by atoms with E-state index in [9.17, 15) is 0 Å². The molecule has 1 aromatic rings. The molecule has 0 aliphatic carbocycles. The number of anilines is 1. The summed E-state index contributed by atoms with van der Waals surface area (Å²) in [6.45, 7) is 8.74. The quantitative estimate of drug-likeness (QED) is 0.856. The van der Waals surface area contributed by atoms with Crippen molar-refractivity contribution in [3.8, 4) is 5.75 Å². The Morgan fingerprint density at radius 2 is 1.80 bits per heavy atom. The highest BCUT2D eigenvalue weighted by atomic mass is 16.5. The monoisotopic (exact) mass is 276 g/mol. The predicted octanol–water partition coefficient (Wildman–Crippen LogP) is 3.76. The maximum Gasteiger partial charge on any atom is 0.142 e. The van der Waals surface area contributed by atoms with Gasteiger partial charge in [0.2, 0.25) is 0 Å². The molecule has 0 atom stereocenters. The average molecular weight is 276 g/mol. The fourth-order valence-electron chi connectivity index (χ4n) is 2.68. The molecule has 1 heterocycles. The molecule has 0 radical (unpaired) electrons. The molecule has 3 nitrogen and oxygen atoms in total. The van der Waals surface area contributed by atoms with Gasteiger partial charge in [-0.15, -0.1) is 0 Å². The second-order valence-corrected chi connectivity index (χ2v) is 5.85. The van der Waals surface area contributed by atoms with Crippen LogP contribution in [0.5, 0.6) is 5.75 Å². The largest absolute Gasteiger partial charge is 0.489 e. The van der Waals surface area contributed by atoms with Gasteiger partial charge in [-0.2, -0.15) is 0 Å². The van der Waals surface area contributed by atoms with Gasteiger partial charge >= 0.3 is 0 Å². The molecule has 1 aliphatic rings. The molecule has 0 amide bonds. The molecule has 3 heteroatoms. The van der Waals surface area contributed by atoms with Gasteiger partial charge in [-0.3, -0.25) is 0 Å². The van der Waals surface area contributed by atoms with E-state index in [1.54, 1.807) is 0 Å². The van der Waals surface area contributed by atoms with E-state index < -0.39 is 0 Å². The van der Waals surface area contributed by atoms with Crippen LogP contribution in [0.2, 0.25) is 0 Å². The van der Waals surface area contributed by atoms with E-state index in [4.69, 9.17) is 4.74 Å². The zero-order chi connectivity index (χ0) is 14.2. The predicted molar refractivity (Wildman–Crippen MR) is 85.6 cm³/mol. The fourth-order valence-corrected chi connectivity index (χ4v) is 2.68. The van der Waals surface area contributed by atoms with Crippen LogP contribution in [0.15, 0.2) is 24.3 Å². The molecule has 0 bridgehead atoms. The summed E-state index contributed by atoms with van der Waals surface area (Å²) in [5.74, 6) is 0.957. The van der Waals surface area contributed by atoms with Gasteiger partial charge in [0.1, 0.15) is 5.75 Å². The third-order valence-electron chi connectivity index (χ3n) is 3.69. The number of benzene rings is 1. The highest BCUT2D eigenvalue weighted by Gasteiger charge is 2.09. The zero-order valence-corrected chi connectivity index (χ0v) is 12.9. The van der Waals surface area contributed by atoms with Crippen molar-refractivity contribution in [1.82, 2.24) is 4.90 Å². The van der Waals surface area contributed by atoms with Gasteiger partial charge in [-0.25, -0.2) is 0 Å². The van der Waals surface area contributed by atoms with Crippen LogP contribution in [-0.4, -0.2) is 37.2 Å². The molecule has 0 saturated carbocycles. The highest BCUT2D eigenvalue weighted by molar-refractivity contribution is 5.56. The molecule has 1 fully saturated rings. The number of nitrogens with one attached hydrogen (secondary N) is 1. The van der Waals surface area contributed by atoms with Gasteiger partial charge in [0.05, 0.1) is 11.8 Å². The summed E-state index contributed by atoms with van der Waals surface area (Å²) >= 11 is 0. The Labute approximate surface area is 123 Å². The van der Waals surface area contributed by atoms with Crippen LogP contribution in [0.3, 0.4) is 0 Å². The first-order valence-electron chi connectivity index (χ1n) is 7.97. The van der Waals surface area contributed by atoms with Crippen molar-refractivity contribution in [2.24, 2.45) is 0 Å². The topological polar surface area (TPSA) is 24.5 Å². The van der Waals surface area contributed by atoms with E-state index in [1.165, 1.54) is 38.8 Å². The summed E-state index contributed by atoms with van der Waals surface area (Å²) in [6.07, 6.45) is 5.72. The zero-order valence-electron chi connectivity index (χ0n) is 12.9. The van der Waals surface area contributed by atoms with Gasteiger partial charge in [-0.1, -0.05) is 25.0 Å². The minimum absolute atomic E-state index is 0.212. The molecule has 0 aromatic heterocycles. The van der Waals surface area contributed by atoms with Crippen LogP contribution < -0.4 is 10.1 Å². The van der Waals surface area contributed by atoms with E-state index >= 15 is 0 Å². The molecule has 1 aliphatic heterocycles. The molecular weight excluding hydrogens is 248 g/mol. The first-order valence-corrected chi connectivity index (χ1v) is 7.97. The van der Waals surface area contributed by atoms with Crippen molar-refractivity contribution in [1.29, 1.82) is 0 Å². The number of nitrogens with zero attached hydrogens (tertiary/aromatic N) is 1. The Balaban J connectivity index is 1.81. The number of hydrogen-bond acceptors (Lipinski definition) is 3. The molecule has 20 heavy (non-hydrogen) atoms. The number of hydrogen-bond donors (Lipinski definition) is 1. The average Bonchev–Trinajstić information content (AvgIpc) is 2.69. The van der Waals surface area contributed by atoms with Crippen molar-refractivity contribution in [3.05, 3.63) is 24.3 Å². The van der Waals surface area contributed by atoms with Crippen molar-refractivity contribution in [2.75, 3.05) is 31.5 Å². The molecule has 0 unspecified atom stereocenters. The lowest BCUT2D eigenvalue weighted by Crippen LogP contribution is -2.30. The van der Waals surface area contributed by atoms with E-state index in [-0.39, 0.29) is 6.10 Å². The second kappa shape index (κ2) is 8.15. The Morgan fingerprint density at radius 3 is 2.50 bits per heavy atom. The Bertz CT molecular complexity index is 384. The summed E-state index contributed by atoms with van der Waals surface area (Å²) < 4.78 is 5.83. The van der Waals surface area contributed by atoms with Gasteiger partial charge in [0.25, 0.3) is 0 Å². The van der Waals surface area contributed by atoms with Gasteiger partial charge < -0.3 is 15.0 Å². The molecule has 1 aromatic carbocycles. The van der Waals surface area contributed by atoms with Gasteiger partial charge in [-0.05, 0) is 51.9 Å². The minimum atomic E-state index is 0.212. The molecule has 112 valence electrons. The Hall–Kier alpha value is -1.22. The molecule has 1 N–H and O–H groups in total. The summed E-state index contributed by atoms with van der Waals surface area (Å²) in [5.41, 5.74) is 1.11. The van der Waals surface area contributed by atoms with Crippen LogP contribution in [0.4, 0.5) is 5.69 Å². The fraction of sp³-hybridized carbons (Fsp3) is 0.647. The number of rotatable bonds is 6. The lowest BCUT2D eigenvalue weighted by Gasteiger charge is -2.21. The molecule has 1 saturated heterocycles. The molecule has 0 spiro atoms. The summed E-state index contributed by atoms with van der Waals surface area (Å²) in [6, 6.07) is 8.22. The SMILES string of the molecule is CC(C)Oc1ccccc1NCCN1CCCCCC1. The summed E-state index contributed by atoms with van der Waals surface area (Å²) in [4.78, 5) is 2.58. The van der Waals surface area contributed by atoms with Crippen molar-refractivity contribution in [3.63, 3.8) is 0 Å². The Morgan fingerprint density at radius 1 is 1.10 bits per heavy atom. The normalized spacial score (nSPS) is 16.9. The van der Waals surface area contributed by atoms with E-state index in [0.717, 1.165) is 24.5 Å². The van der Waals surface area contributed by atoms with Gasteiger partial charge in [0.15, 0.2) is 0 Å². The maximum atomic E-state index is 5.83. The van der Waals surface area contributed by atoms with Crippen LogP contribution in [0.25, 0.3) is 0 Å². The maximum absolute atomic E-state index is 5.83. The van der Waals surface area contributed by atoms with Crippen molar-refractivity contribution in [2.45, 2.75) is 45.6 Å². The van der Waals surface area contributed by atoms with Crippen molar-refractivity contribution < 1.29 is 4.74 Å². The number of likely N-dealkylation sites (tertiary alicyclic amines) is 1. The van der Waals surface area contributed by atoms with E-state index in [1.807, 2.05) is 12.1 Å². The van der Waals surface area contributed by atoms with E-state index in [2.05, 4.69) is 36.2 Å². The lowest BCUT2D eigenvalue weighted by atomic mass is 10.2.